The summed E-state index contributed by atoms with van der Waals surface area (Å²) in [5.41, 5.74) is -0.513. The van der Waals surface area contributed by atoms with E-state index in [1.807, 2.05) is 0 Å². The predicted molar refractivity (Wildman–Crippen MR) is 89.2 cm³/mol. The molecule has 1 N–H and O–H groups in total. The number of alkyl halides is 3. The lowest BCUT2D eigenvalue weighted by molar-refractivity contribution is -0.137. The summed E-state index contributed by atoms with van der Waals surface area (Å²) in [6, 6.07) is 9.47. The molecule has 0 aliphatic heterocycles. The molecule has 0 radical (unpaired) electrons. The maximum atomic E-state index is 12.8. The van der Waals surface area contributed by atoms with E-state index in [2.05, 4.69) is 15.5 Å². The molecule has 0 saturated carbocycles. The van der Waals surface area contributed by atoms with Crippen LogP contribution in [0.5, 0.6) is 5.75 Å². The Morgan fingerprint density at radius 2 is 2.04 bits per heavy atom. The minimum atomic E-state index is -4.47. The van der Waals surface area contributed by atoms with Gasteiger partial charge in [-0.2, -0.15) is 13.2 Å². The summed E-state index contributed by atoms with van der Waals surface area (Å²) in [6.07, 6.45) is -2.96. The smallest absolute Gasteiger partial charge is 0.416 e. The van der Waals surface area contributed by atoms with E-state index in [4.69, 9.17) is 9.26 Å². The third kappa shape index (κ3) is 4.43. The summed E-state index contributed by atoms with van der Waals surface area (Å²) in [5, 5.41) is 6.27. The van der Waals surface area contributed by atoms with Gasteiger partial charge in [0.1, 0.15) is 23.9 Å². The molecule has 0 fully saturated rings. The highest BCUT2D eigenvalue weighted by Crippen LogP contribution is 2.31. The summed E-state index contributed by atoms with van der Waals surface area (Å²) in [4.78, 5) is 16.3. The van der Waals surface area contributed by atoms with Crippen molar-refractivity contribution >= 4 is 11.7 Å². The number of hydrogen-bond donors (Lipinski definition) is 1. The fraction of sp³-hybridized carbons (Fsp3) is 0.167. The number of pyridine rings is 1. The summed E-state index contributed by atoms with van der Waals surface area (Å²) >= 11 is 0. The average molecular weight is 377 g/mol. The maximum absolute atomic E-state index is 12.8. The molecule has 1 amide bonds. The fourth-order valence-electron chi connectivity index (χ4n) is 2.27. The van der Waals surface area contributed by atoms with Crippen LogP contribution in [0, 0.1) is 6.92 Å². The van der Waals surface area contributed by atoms with E-state index in [0.29, 0.717) is 17.1 Å². The molecule has 3 rings (SSSR count). The molecular weight excluding hydrogens is 363 g/mol. The van der Waals surface area contributed by atoms with Gasteiger partial charge in [-0.3, -0.25) is 4.79 Å². The summed E-state index contributed by atoms with van der Waals surface area (Å²) in [5.74, 6) is 0.107. The molecule has 3 aromatic rings. The third-order valence-electron chi connectivity index (χ3n) is 3.65. The Balaban J connectivity index is 1.75. The first kappa shape index (κ1) is 18.4. The second kappa shape index (κ2) is 7.48. The molecule has 2 heterocycles. The van der Waals surface area contributed by atoms with Gasteiger partial charge < -0.3 is 14.6 Å². The molecule has 0 saturated heterocycles. The third-order valence-corrected chi connectivity index (χ3v) is 3.65. The fourth-order valence-corrected chi connectivity index (χ4v) is 2.27. The van der Waals surface area contributed by atoms with Crippen LogP contribution >= 0.6 is 0 Å². The van der Waals surface area contributed by atoms with Gasteiger partial charge in [0.05, 0.1) is 11.1 Å². The first-order valence-electron chi connectivity index (χ1n) is 7.82. The van der Waals surface area contributed by atoms with Crippen molar-refractivity contribution in [3.63, 3.8) is 0 Å². The lowest BCUT2D eigenvalue weighted by atomic mass is 10.2. The van der Waals surface area contributed by atoms with Crippen LogP contribution < -0.4 is 10.1 Å². The predicted octanol–water partition coefficient (Wildman–Crippen LogP) is 4.23. The maximum Gasteiger partial charge on any atom is 0.416 e. The standard InChI is InChI=1S/C18H14F3N3O3/c1-11-14(10-26-13-6-4-5-12(9-13)18(19,20)21)16(24-27-11)17(25)23-15-7-2-3-8-22-15/h2-9H,10H2,1H3,(H,22,23,25). The molecule has 0 atom stereocenters. The van der Waals surface area contributed by atoms with Gasteiger partial charge in [0.15, 0.2) is 5.69 Å². The van der Waals surface area contributed by atoms with Crippen LogP contribution in [0.4, 0.5) is 19.0 Å². The average Bonchev–Trinajstić information content (AvgIpc) is 3.01. The zero-order chi connectivity index (χ0) is 19.4. The minimum absolute atomic E-state index is 0.0153. The number of nitrogens with one attached hydrogen (secondary N) is 1. The monoisotopic (exact) mass is 377 g/mol. The lowest BCUT2D eigenvalue weighted by Gasteiger charge is -2.10. The Morgan fingerprint density at radius 1 is 1.22 bits per heavy atom. The van der Waals surface area contributed by atoms with Crippen LogP contribution in [0.25, 0.3) is 0 Å². The molecule has 27 heavy (non-hydrogen) atoms. The van der Waals surface area contributed by atoms with E-state index < -0.39 is 17.6 Å². The molecule has 2 aromatic heterocycles. The molecular formula is C18H14F3N3O3. The molecule has 0 bridgehead atoms. The van der Waals surface area contributed by atoms with E-state index in [1.54, 1.807) is 25.1 Å². The normalized spacial score (nSPS) is 11.3. The Labute approximate surface area is 152 Å². The number of amides is 1. The number of rotatable bonds is 5. The molecule has 0 unspecified atom stereocenters. The van der Waals surface area contributed by atoms with Crippen LogP contribution in [0.15, 0.2) is 53.2 Å². The number of benzene rings is 1. The number of hydrogen-bond acceptors (Lipinski definition) is 5. The van der Waals surface area contributed by atoms with Gasteiger partial charge in [-0.1, -0.05) is 17.3 Å². The number of carbonyl (C=O) groups is 1. The molecule has 9 heteroatoms. The zero-order valence-corrected chi connectivity index (χ0v) is 14.1. The van der Waals surface area contributed by atoms with Gasteiger partial charge in [-0.05, 0) is 37.3 Å². The van der Waals surface area contributed by atoms with Crippen LogP contribution in [0.2, 0.25) is 0 Å². The van der Waals surface area contributed by atoms with Gasteiger partial charge in [0.2, 0.25) is 0 Å². The molecule has 1 aromatic carbocycles. The topological polar surface area (TPSA) is 77.3 Å². The largest absolute Gasteiger partial charge is 0.489 e. The molecule has 0 aliphatic rings. The van der Waals surface area contributed by atoms with Crippen molar-refractivity contribution in [2.75, 3.05) is 5.32 Å². The minimum Gasteiger partial charge on any atom is -0.489 e. The highest BCUT2D eigenvalue weighted by atomic mass is 19.4. The van der Waals surface area contributed by atoms with Crippen molar-refractivity contribution in [3.8, 4) is 5.75 Å². The van der Waals surface area contributed by atoms with Crippen LogP contribution in [-0.4, -0.2) is 16.0 Å². The number of ether oxygens (including phenoxy) is 1. The molecule has 0 spiro atoms. The lowest BCUT2D eigenvalue weighted by Crippen LogP contribution is -2.16. The summed E-state index contributed by atoms with van der Waals surface area (Å²) in [7, 11) is 0. The molecule has 6 nitrogen and oxygen atoms in total. The Morgan fingerprint density at radius 3 is 2.74 bits per heavy atom. The number of aromatic nitrogens is 2. The van der Waals surface area contributed by atoms with Crippen molar-refractivity contribution in [2.45, 2.75) is 19.7 Å². The first-order valence-corrected chi connectivity index (χ1v) is 7.82. The Bertz CT molecular complexity index is 940. The number of anilines is 1. The van der Waals surface area contributed by atoms with Crippen molar-refractivity contribution < 1.29 is 27.2 Å². The quantitative estimate of drug-likeness (QED) is 0.720. The van der Waals surface area contributed by atoms with Gasteiger partial charge in [0, 0.05) is 6.20 Å². The van der Waals surface area contributed by atoms with Crippen molar-refractivity contribution in [1.82, 2.24) is 10.1 Å². The van der Waals surface area contributed by atoms with Crippen molar-refractivity contribution in [3.05, 3.63) is 71.2 Å². The van der Waals surface area contributed by atoms with Crippen molar-refractivity contribution in [1.29, 1.82) is 0 Å². The zero-order valence-electron chi connectivity index (χ0n) is 14.1. The Hall–Kier alpha value is -3.36. The van der Waals surface area contributed by atoms with E-state index in [1.165, 1.54) is 18.3 Å². The number of aryl methyl sites for hydroxylation is 1. The van der Waals surface area contributed by atoms with Gasteiger partial charge in [-0.15, -0.1) is 0 Å². The van der Waals surface area contributed by atoms with E-state index >= 15 is 0 Å². The highest BCUT2D eigenvalue weighted by molar-refractivity contribution is 6.03. The second-order valence-electron chi connectivity index (χ2n) is 5.55. The number of nitrogens with zero attached hydrogens (tertiary/aromatic N) is 2. The van der Waals surface area contributed by atoms with E-state index in [9.17, 15) is 18.0 Å². The Kier molecular flexibility index (Phi) is 5.11. The summed E-state index contributed by atoms with van der Waals surface area (Å²) in [6.45, 7) is 1.40. The van der Waals surface area contributed by atoms with Crippen molar-refractivity contribution in [2.24, 2.45) is 0 Å². The first-order chi connectivity index (χ1) is 12.8. The number of halogens is 3. The SMILES string of the molecule is Cc1onc(C(=O)Nc2ccccn2)c1COc1cccc(C(F)(F)F)c1. The van der Waals surface area contributed by atoms with Crippen LogP contribution in [0.1, 0.15) is 27.4 Å². The van der Waals surface area contributed by atoms with Crippen LogP contribution in [-0.2, 0) is 12.8 Å². The van der Waals surface area contributed by atoms with E-state index in [-0.39, 0.29) is 18.1 Å². The second-order valence-corrected chi connectivity index (χ2v) is 5.55. The highest BCUT2D eigenvalue weighted by Gasteiger charge is 2.30. The van der Waals surface area contributed by atoms with Gasteiger partial charge in [0.25, 0.3) is 5.91 Å². The number of carbonyl (C=O) groups excluding carboxylic acids is 1. The van der Waals surface area contributed by atoms with E-state index in [0.717, 1.165) is 12.1 Å². The van der Waals surface area contributed by atoms with Gasteiger partial charge in [-0.25, -0.2) is 4.98 Å². The molecule has 140 valence electrons. The van der Waals surface area contributed by atoms with Crippen LogP contribution in [0.3, 0.4) is 0 Å². The van der Waals surface area contributed by atoms with Gasteiger partial charge >= 0.3 is 6.18 Å². The summed E-state index contributed by atoms with van der Waals surface area (Å²) < 4.78 is 48.8. The molecule has 0 aliphatic carbocycles.